The minimum absolute atomic E-state index is 0.141. The van der Waals surface area contributed by atoms with Crippen molar-refractivity contribution in [1.29, 1.82) is 0 Å². The van der Waals surface area contributed by atoms with Gasteiger partial charge in [0.15, 0.2) is 0 Å². The maximum Gasteiger partial charge on any atom is 0.0658 e. The van der Waals surface area contributed by atoms with E-state index in [4.69, 9.17) is 0 Å². The number of aliphatic hydroxyl groups is 2. The van der Waals surface area contributed by atoms with Crippen molar-refractivity contribution in [3.63, 3.8) is 0 Å². The van der Waals surface area contributed by atoms with Gasteiger partial charge in [0.2, 0.25) is 0 Å². The van der Waals surface area contributed by atoms with E-state index in [2.05, 4.69) is 0 Å². The van der Waals surface area contributed by atoms with E-state index < -0.39 is 0 Å². The summed E-state index contributed by atoms with van der Waals surface area (Å²) < 4.78 is 0. The number of rotatable bonds is 2. The van der Waals surface area contributed by atoms with Gasteiger partial charge < -0.3 is 10.2 Å². The predicted octanol–water partition coefficient (Wildman–Crippen LogP) is 3.11. The minimum atomic E-state index is -0.141. The zero-order valence-corrected chi connectivity index (χ0v) is 11.5. The first-order valence-electron chi connectivity index (χ1n) is 7.29. The molecule has 2 aliphatic rings. The molecule has 3 heteroatoms. The molecule has 2 N–H and O–H groups in total. The van der Waals surface area contributed by atoms with Gasteiger partial charge in [-0.1, -0.05) is 38.5 Å². The van der Waals surface area contributed by atoms with Crippen LogP contribution in [0.25, 0.3) is 0 Å². The fourth-order valence-corrected chi connectivity index (χ4v) is 4.74. The Balaban J connectivity index is 1.88. The lowest BCUT2D eigenvalue weighted by molar-refractivity contribution is 0.154. The summed E-state index contributed by atoms with van der Waals surface area (Å²) in [5.74, 6) is 0. The third kappa shape index (κ3) is 4.15. The van der Waals surface area contributed by atoms with Crippen molar-refractivity contribution in [2.75, 3.05) is 0 Å². The van der Waals surface area contributed by atoms with Crippen LogP contribution in [0, 0.1) is 0 Å². The number of thioether (sulfide) groups is 1. The van der Waals surface area contributed by atoms with Gasteiger partial charge in [0.05, 0.1) is 12.2 Å². The second kappa shape index (κ2) is 7.01. The highest BCUT2D eigenvalue weighted by Crippen LogP contribution is 2.36. The predicted molar refractivity (Wildman–Crippen MR) is 73.4 cm³/mol. The van der Waals surface area contributed by atoms with Crippen LogP contribution in [-0.2, 0) is 0 Å². The first-order valence-corrected chi connectivity index (χ1v) is 8.23. The second-order valence-electron chi connectivity index (χ2n) is 5.62. The molecule has 17 heavy (non-hydrogen) atoms. The van der Waals surface area contributed by atoms with Crippen molar-refractivity contribution in [3.8, 4) is 0 Å². The standard InChI is InChI=1S/C14H26O2S/c15-11-7-3-1-5-9-13(11)17-14-10-6-2-4-8-12(14)16/h11-16H,1-10H2/t11-,12-,13-,14-/m0/s1. The lowest BCUT2D eigenvalue weighted by Gasteiger charge is -2.27. The van der Waals surface area contributed by atoms with Gasteiger partial charge in [-0.3, -0.25) is 0 Å². The molecule has 4 atom stereocenters. The fraction of sp³-hybridized carbons (Fsp3) is 1.00. The summed E-state index contributed by atoms with van der Waals surface area (Å²) >= 11 is 1.88. The van der Waals surface area contributed by atoms with Gasteiger partial charge in [-0.05, 0) is 25.7 Å². The third-order valence-electron chi connectivity index (χ3n) is 4.18. The summed E-state index contributed by atoms with van der Waals surface area (Å²) in [6, 6.07) is 0. The molecule has 2 nitrogen and oxygen atoms in total. The molecule has 0 aliphatic heterocycles. The van der Waals surface area contributed by atoms with E-state index >= 15 is 0 Å². The highest BCUT2D eigenvalue weighted by atomic mass is 32.2. The molecular weight excluding hydrogens is 232 g/mol. The van der Waals surface area contributed by atoms with E-state index in [-0.39, 0.29) is 12.2 Å². The van der Waals surface area contributed by atoms with Crippen LogP contribution in [0.5, 0.6) is 0 Å². The zero-order chi connectivity index (χ0) is 12.1. The fourth-order valence-electron chi connectivity index (χ4n) is 3.05. The lowest BCUT2D eigenvalue weighted by Crippen LogP contribution is -2.29. The SMILES string of the molecule is O[C@H]1CCCCC[C@@H]1S[C@H]1CCCCC[C@@H]1O. The Morgan fingerprint density at radius 1 is 0.588 bits per heavy atom. The second-order valence-corrected chi connectivity index (χ2v) is 7.11. The van der Waals surface area contributed by atoms with Crippen molar-refractivity contribution in [3.05, 3.63) is 0 Å². The average molecular weight is 258 g/mol. The molecule has 0 unspecified atom stereocenters. The quantitative estimate of drug-likeness (QED) is 0.748. The maximum absolute atomic E-state index is 10.1. The summed E-state index contributed by atoms with van der Waals surface area (Å²) in [5.41, 5.74) is 0. The van der Waals surface area contributed by atoms with Gasteiger partial charge in [-0.15, -0.1) is 11.8 Å². The van der Waals surface area contributed by atoms with E-state index in [1.54, 1.807) is 0 Å². The van der Waals surface area contributed by atoms with Gasteiger partial charge >= 0.3 is 0 Å². The Kier molecular flexibility index (Phi) is 5.64. The Labute approximate surface area is 109 Å². The molecule has 0 aromatic heterocycles. The Bertz CT molecular complexity index is 200. The number of hydrogen-bond donors (Lipinski definition) is 2. The lowest BCUT2D eigenvalue weighted by atomic mass is 10.1. The minimum Gasteiger partial charge on any atom is -0.392 e. The Hall–Kier alpha value is 0.270. The molecule has 0 bridgehead atoms. The monoisotopic (exact) mass is 258 g/mol. The molecule has 0 spiro atoms. The molecular formula is C14H26O2S. The summed E-state index contributed by atoms with van der Waals surface area (Å²) in [6.45, 7) is 0. The smallest absolute Gasteiger partial charge is 0.0658 e. The molecule has 2 fully saturated rings. The van der Waals surface area contributed by atoms with Crippen LogP contribution in [0.4, 0.5) is 0 Å². The van der Waals surface area contributed by atoms with E-state index in [0.717, 1.165) is 25.7 Å². The van der Waals surface area contributed by atoms with Crippen LogP contribution in [0.2, 0.25) is 0 Å². The van der Waals surface area contributed by atoms with Crippen LogP contribution in [0.1, 0.15) is 64.2 Å². The van der Waals surface area contributed by atoms with Crippen LogP contribution in [-0.4, -0.2) is 32.9 Å². The van der Waals surface area contributed by atoms with Crippen molar-refractivity contribution < 1.29 is 10.2 Å². The first kappa shape index (κ1) is 13.7. The summed E-state index contributed by atoms with van der Waals surface area (Å²) in [4.78, 5) is 0. The largest absolute Gasteiger partial charge is 0.392 e. The van der Waals surface area contributed by atoms with Gasteiger partial charge in [0, 0.05) is 10.5 Å². The highest BCUT2D eigenvalue weighted by molar-refractivity contribution is 8.00. The normalized spacial score (nSPS) is 40.6. The van der Waals surface area contributed by atoms with E-state index in [0.29, 0.717) is 10.5 Å². The summed E-state index contributed by atoms with van der Waals surface area (Å²) in [5, 5.41) is 21.0. The Morgan fingerprint density at radius 2 is 1.00 bits per heavy atom. The molecule has 0 saturated heterocycles. The molecule has 0 aromatic rings. The molecule has 0 heterocycles. The highest BCUT2D eigenvalue weighted by Gasteiger charge is 2.29. The van der Waals surface area contributed by atoms with E-state index in [1.807, 2.05) is 11.8 Å². The molecule has 2 rings (SSSR count). The molecule has 2 aliphatic carbocycles. The van der Waals surface area contributed by atoms with Gasteiger partial charge in [-0.25, -0.2) is 0 Å². The maximum atomic E-state index is 10.1. The summed E-state index contributed by atoms with van der Waals surface area (Å²) in [6.07, 6.45) is 11.3. The number of aliphatic hydroxyl groups excluding tert-OH is 2. The van der Waals surface area contributed by atoms with Crippen molar-refractivity contribution in [1.82, 2.24) is 0 Å². The summed E-state index contributed by atoms with van der Waals surface area (Å²) in [7, 11) is 0. The van der Waals surface area contributed by atoms with Crippen molar-refractivity contribution in [2.45, 2.75) is 86.9 Å². The van der Waals surface area contributed by atoms with E-state index in [9.17, 15) is 10.2 Å². The van der Waals surface area contributed by atoms with Gasteiger partial charge in [0.1, 0.15) is 0 Å². The van der Waals surface area contributed by atoms with Crippen LogP contribution < -0.4 is 0 Å². The zero-order valence-electron chi connectivity index (χ0n) is 10.7. The van der Waals surface area contributed by atoms with Crippen LogP contribution in [0.15, 0.2) is 0 Å². The van der Waals surface area contributed by atoms with E-state index in [1.165, 1.54) is 38.5 Å². The third-order valence-corrected chi connectivity index (χ3v) is 5.98. The molecule has 0 aromatic carbocycles. The topological polar surface area (TPSA) is 40.5 Å². The Morgan fingerprint density at radius 3 is 1.47 bits per heavy atom. The molecule has 100 valence electrons. The van der Waals surface area contributed by atoms with Crippen LogP contribution in [0.3, 0.4) is 0 Å². The average Bonchev–Trinajstić information content (AvgIpc) is 2.63. The van der Waals surface area contributed by atoms with Crippen molar-refractivity contribution >= 4 is 11.8 Å². The molecule has 2 saturated carbocycles. The van der Waals surface area contributed by atoms with Crippen LogP contribution >= 0.6 is 11.8 Å². The van der Waals surface area contributed by atoms with Crippen molar-refractivity contribution in [2.24, 2.45) is 0 Å². The first-order chi connectivity index (χ1) is 8.27. The van der Waals surface area contributed by atoms with Gasteiger partial charge in [-0.2, -0.15) is 0 Å². The van der Waals surface area contributed by atoms with Gasteiger partial charge in [0.25, 0.3) is 0 Å². The molecule has 0 amide bonds. The molecule has 0 radical (unpaired) electrons. The number of hydrogen-bond acceptors (Lipinski definition) is 3.